The molecule has 0 aromatic carbocycles. The van der Waals surface area contributed by atoms with E-state index in [2.05, 4.69) is 4.98 Å². The smallest absolute Gasteiger partial charge is 0.0831 e. The Hall–Kier alpha value is -0.930. The first-order valence-electron chi connectivity index (χ1n) is 5.24. The molecule has 0 aliphatic heterocycles. The molecule has 0 saturated heterocycles. The Bertz CT molecular complexity index is 284. The lowest BCUT2D eigenvalue weighted by Gasteiger charge is -2.18. The minimum atomic E-state index is -0.451. The van der Waals surface area contributed by atoms with Crippen LogP contribution in [0.2, 0.25) is 0 Å². The molecule has 3 nitrogen and oxygen atoms in total. The molecule has 1 rings (SSSR count). The number of pyridine rings is 1. The molecule has 0 fully saturated rings. The fraction of sp³-hybridized carbons (Fsp3) is 0.583. The third-order valence-corrected chi connectivity index (χ3v) is 2.59. The van der Waals surface area contributed by atoms with Crippen LogP contribution < -0.4 is 0 Å². The maximum atomic E-state index is 10.0. The number of aliphatic hydroxyl groups excluding tert-OH is 1. The Labute approximate surface area is 91.1 Å². The number of hydrogen-bond donors (Lipinski definition) is 1. The summed E-state index contributed by atoms with van der Waals surface area (Å²) in [6.45, 7) is 4.63. The number of methoxy groups -OCH3 is 1. The standard InChI is InChI=1S/C12H19NO2/c1-9(6-7-15-3)12(14)11-5-4-10(2)13-8-11/h4-5,8-9,12,14H,6-7H2,1-3H3. The van der Waals surface area contributed by atoms with Crippen LogP contribution in [-0.2, 0) is 4.74 Å². The minimum Gasteiger partial charge on any atom is -0.388 e. The number of aliphatic hydroxyl groups is 1. The van der Waals surface area contributed by atoms with E-state index in [9.17, 15) is 5.11 Å². The van der Waals surface area contributed by atoms with Crippen LogP contribution in [0.4, 0.5) is 0 Å². The molecular weight excluding hydrogens is 190 g/mol. The predicted molar refractivity (Wildman–Crippen MR) is 59.6 cm³/mol. The Morgan fingerprint density at radius 2 is 2.20 bits per heavy atom. The van der Waals surface area contributed by atoms with Crippen LogP contribution in [-0.4, -0.2) is 23.8 Å². The van der Waals surface area contributed by atoms with Gasteiger partial charge in [-0.1, -0.05) is 13.0 Å². The molecule has 3 heteroatoms. The van der Waals surface area contributed by atoms with Crippen LogP contribution in [0, 0.1) is 12.8 Å². The summed E-state index contributed by atoms with van der Waals surface area (Å²) in [7, 11) is 1.67. The van der Waals surface area contributed by atoms with Crippen LogP contribution in [0.15, 0.2) is 18.3 Å². The zero-order valence-electron chi connectivity index (χ0n) is 9.60. The largest absolute Gasteiger partial charge is 0.388 e. The topological polar surface area (TPSA) is 42.4 Å². The van der Waals surface area contributed by atoms with Crippen molar-refractivity contribution >= 4 is 0 Å². The van der Waals surface area contributed by atoms with Crippen molar-refractivity contribution in [2.45, 2.75) is 26.4 Å². The molecule has 1 heterocycles. The van der Waals surface area contributed by atoms with Gasteiger partial charge >= 0.3 is 0 Å². The van der Waals surface area contributed by atoms with Gasteiger partial charge in [0.05, 0.1) is 6.10 Å². The normalized spacial score (nSPS) is 14.9. The second-order valence-electron chi connectivity index (χ2n) is 3.94. The molecule has 0 spiro atoms. The molecule has 1 aromatic rings. The van der Waals surface area contributed by atoms with E-state index in [0.717, 1.165) is 17.7 Å². The molecule has 0 radical (unpaired) electrons. The van der Waals surface area contributed by atoms with Gasteiger partial charge in [0.15, 0.2) is 0 Å². The van der Waals surface area contributed by atoms with Crippen molar-refractivity contribution in [3.8, 4) is 0 Å². The van der Waals surface area contributed by atoms with Gasteiger partial charge < -0.3 is 9.84 Å². The van der Waals surface area contributed by atoms with Crippen molar-refractivity contribution < 1.29 is 9.84 Å². The summed E-state index contributed by atoms with van der Waals surface area (Å²) in [4.78, 5) is 4.17. The quantitative estimate of drug-likeness (QED) is 0.807. The molecule has 0 bridgehead atoms. The number of ether oxygens (including phenoxy) is 1. The fourth-order valence-corrected chi connectivity index (χ4v) is 1.44. The second kappa shape index (κ2) is 5.83. The first kappa shape index (κ1) is 12.1. The first-order chi connectivity index (χ1) is 7.15. The van der Waals surface area contributed by atoms with E-state index in [1.54, 1.807) is 13.3 Å². The predicted octanol–water partition coefficient (Wildman–Crippen LogP) is 2.10. The van der Waals surface area contributed by atoms with E-state index < -0.39 is 6.10 Å². The summed E-state index contributed by atoms with van der Waals surface area (Å²) in [6.07, 6.45) is 2.14. The third kappa shape index (κ3) is 3.61. The molecule has 0 amide bonds. The second-order valence-corrected chi connectivity index (χ2v) is 3.94. The van der Waals surface area contributed by atoms with Crippen molar-refractivity contribution in [3.05, 3.63) is 29.6 Å². The van der Waals surface area contributed by atoms with Gasteiger partial charge in [-0.05, 0) is 30.9 Å². The van der Waals surface area contributed by atoms with Gasteiger partial charge in [0.25, 0.3) is 0 Å². The van der Waals surface area contributed by atoms with Gasteiger partial charge in [-0.25, -0.2) is 0 Å². The highest BCUT2D eigenvalue weighted by atomic mass is 16.5. The van der Waals surface area contributed by atoms with Gasteiger partial charge in [-0.15, -0.1) is 0 Å². The lowest BCUT2D eigenvalue weighted by molar-refractivity contribution is 0.0883. The Balaban J connectivity index is 2.59. The maximum Gasteiger partial charge on any atom is 0.0831 e. The summed E-state index contributed by atoms with van der Waals surface area (Å²) in [6, 6.07) is 3.85. The van der Waals surface area contributed by atoms with Crippen LogP contribution >= 0.6 is 0 Å². The third-order valence-electron chi connectivity index (χ3n) is 2.59. The fourth-order valence-electron chi connectivity index (χ4n) is 1.44. The zero-order chi connectivity index (χ0) is 11.3. The first-order valence-corrected chi connectivity index (χ1v) is 5.24. The van der Waals surface area contributed by atoms with E-state index in [-0.39, 0.29) is 5.92 Å². The van der Waals surface area contributed by atoms with E-state index in [1.807, 2.05) is 26.0 Å². The molecule has 0 aliphatic carbocycles. The van der Waals surface area contributed by atoms with E-state index in [1.165, 1.54) is 0 Å². The molecular formula is C12H19NO2. The molecule has 0 saturated carbocycles. The average molecular weight is 209 g/mol. The van der Waals surface area contributed by atoms with Crippen LogP contribution in [0.1, 0.15) is 30.7 Å². The van der Waals surface area contributed by atoms with Crippen molar-refractivity contribution in [1.29, 1.82) is 0 Å². The number of aromatic nitrogens is 1. The highest BCUT2D eigenvalue weighted by Crippen LogP contribution is 2.23. The van der Waals surface area contributed by atoms with E-state index >= 15 is 0 Å². The molecule has 2 unspecified atom stereocenters. The van der Waals surface area contributed by atoms with E-state index in [4.69, 9.17) is 4.74 Å². The molecule has 1 aromatic heterocycles. The average Bonchev–Trinajstić information content (AvgIpc) is 2.26. The van der Waals surface area contributed by atoms with Crippen molar-refractivity contribution in [3.63, 3.8) is 0 Å². The van der Waals surface area contributed by atoms with Crippen LogP contribution in [0.5, 0.6) is 0 Å². The number of aryl methyl sites for hydroxylation is 1. The highest BCUT2D eigenvalue weighted by molar-refractivity contribution is 5.16. The van der Waals surface area contributed by atoms with Crippen molar-refractivity contribution in [2.24, 2.45) is 5.92 Å². The molecule has 0 aliphatic rings. The Morgan fingerprint density at radius 3 is 2.73 bits per heavy atom. The lowest BCUT2D eigenvalue weighted by atomic mass is 9.96. The zero-order valence-corrected chi connectivity index (χ0v) is 9.60. The maximum absolute atomic E-state index is 10.0. The molecule has 1 N–H and O–H groups in total. The van der Waals surface area contributed by atoms with Gasteiger partial charge in [0.2, 0.25) is 0 Å². The molecule has 2 atom stereocenters. The van der Waals surface area contributed by atoms with Crippen molar-refractivity contribution in [1.82, 2.24) is 4.98 Å². The number of hydrogen-bond acceptors (Lipinski definition) is 3. The summed E-state index contributed by atoms with van der Waals surface area (Å²) >= 11 is 0. The molecule has 84 valence electrons. The Kier molecular flexibility index (Phi) is 4.72. The summed E-state index contributed by atoms with van der Waals surface area (Å²) in [5.74, 6) is 0.189. The lowest BCUT2D eigenvalue weighted by Crippen LogP contribution is -2.11. The summed E-state index contributed by atoms with van der Waals surface area (Å²) < 4.78 is 4.99. The Morgan fingerprint density at radius 1 is 1.47 bits per heavy atom. The van der Waals surface area contributed by atoms with Gasteiger partial charge in [-0.3, -0.25) is 4.98 Å². The number of rotatable bonds is 5. The van der Waals surface area contributed by atoms with Gasteiger partial charge in [-0.2, -0.15) is 0 Å². The van der Waals surface area contributed by atoms with Crippen molar-refractivity contribution in [2.75, 3.05) is 13.7 Å². The summed E-state index contributed by atoms with van der Waals surface area (Å²) in [5, 5.41) is 10.0. The van der Waals surface area contributed by atoms with Gasteiger partial charge in [0, 0.05) is 25.6 Å². The van der Waals surface area contributed by atoms with E-state index in [0.29, 0.717) is 6.61 Å². The highest BCUT2D eigenvalue weighted by Gasteiger charge is 2.16. The monoisotopic (exact) mass is 209 g/mol. The minimum absolute atomic E-state index is 0.189. The van der Waals surface area contributed by atoms with Crippen LogP contribution in [0.25, 0.3) is 0 Å². The van der Waals surface area contributed by atoms with Gasteiger partial charge in [0.1, 0.15) is 0 Å². The number of nitrogens with zero attached hydrogens (tertiary/aromatic N) is 1. The SMILES string of the molecule is COCCC(C)C(O)c1ccc(C)nc1. The van der Waals surface area contributed by atoms with Crippen LogP contribution in [0.3, 0.4) is 0 Å². The summed E-state index contributed by atoms with van der Waals surface area (Å²) in [5.41, 5.74) is 1.85. The molecule has 15 heavy (non-hydrogen) atoms.